The van der Waals surface area contributed by atoms with Crippen molar-refractivity contribution in [3.05, 3.63) is 22.4 Å². The van der Waals surface area contributed by atoms with Gasteiger partial charge in [0.15, 0.2) is 0 Å². The maximum Gasteiger partial charge on any atom is 0.0715 e. The number of thiophene rings is 1. The van der Waals surface area contributed by atoms with Crippen molar-refractivity contribution in [1.29, 1.82) is 0 Å². The number of nitrogens with one attached hydrogen (secondary N) is 1. The Morgan fingerprint density at radius 1 is 1.67 bits per heavy atom. The van der Waals surface area contributed by atoms with E-state index >= 15 is 0 Å². The molecule has 0 radical (unpaired) electrons. The smallest absolute Gasteiger partial charge is 0.0715 e. The minimum atomic E-state index is -0.271. The van der Waals surface area contributed by atoms with Crippen LogP contribution < -0.4 is 5.32 Å². The molecule has 0 bridgehead atoms. The molecule has 1 fully saturated rings. The molecule has 1 aromatic rings. The molecule has 1 aromatic heterocycles. The Labute approximate surface area is 94.1 Å². The number of aliphatic hydroxyl groups excluding tert-OH is 1. The normalized spacial score (nSPS) is 23.1. The predicted octanol–water partition coefficient (Wildman–Crippen LogP) is 1.24. The lowest BCUT2D eigenvalue weighted by molar-refractivity contribution is 0.0907. The van der Waals surface area contributed by atoms with Crippen LogP contribution in [0.2, 0.25) is 0 Å². The van der Waals surface area contributed by atoms with Gasteiger partial charge in [0.05, 0.1) is 12.7 Å². The first-order valence-electron chi connectivity index (χ1n) is 5.35. The van der Waals surface area contributed by atoms with E-state index in [2.05, 4.69) is 16.8 Å². The molecule has 0 spiro atoms. The lowest BCUT2D eigenvalue weighted by Crippen LogP contribution is -2.32. The average molecular weight is 227 g/mol. The number of rotatable bonds is 5. The monoisotopic (exact) mass is 227 g/mol. The zero-order valence-electron chi connectivity index (χ0n) is 8.69. The van der Waals surface area contributed by atoms with Crippen LogP contribution in [0.4, 0.5) is 0 Å². The highest BCUT2D eigenvalue weighted by Gasteiger charge is 2.23. The zero-order valence-corrected chi connectivity index (χ0v) is 9.50. The van der Waals surface area contributed by atoms with Crippen LogP contribution in [-0.2, 0) is 11.3 Å². The van der Waals surface area contributed by atoms with Crippen molar-refractivity contribution in [3.8, 4) is 0 Å². The standard InChI is InChI=1S/C11H17NO2S/c13-11(9-3-4-14-8-9)7-12-6-10-2-1-5-15-10/h1-2,5,9,11-13H,3-4,6-8H2. The van der Waals surface area contributed by atoms with E-state index in [1.54, 1.807) is 11.3 Å². The van der Waals surface area contributed by atoms with Gasteiger partial charge >= 0.3 is 0 Å². The van der Waals surface area contributed by atoms with Crippen molar-refractivity contribution in [2.24, 2.45) is 5.92 Å². The third-order valence-electron chi connectivity index (χ3n) is 2.74. The zero-order chi connectivity index (χ0) is 10.5. The van der Waals surface area contributed by atoms with E-state index in [1.807, 2.05) is 6.07 Å². The number of hydrogen-bond donors (Lipinski definition) is 2. The van der Waals surface area contributed by atoms with Crippen LogP contribution in [0, 0.1) is 5.92 Å². The number of aliphatic hydroxyl groups is 1. The minimum Gasteiger partial charge on any atom is -0.391 e. The number of hydrogen-bond acceptors (Lipinski definition) is 4. The van der Waals surface area contributed by atoms with Crippen molar-refractivity contribution in [3.63, 3.8) is 0 Å². The third kappa shape index (κ3) is 3.28. The largest absolute Gasteiger partial charge is 0.391 e. The third-order valence-corrected chi connectivity index (χ3v) is 3.62. The van der Waals surface area contributed by atoms with Crippen LogP contribution in [0.5, 0.6) is 0 Å². The minimum absolute atomic E-state index is 0.271. The molecule has 0 amide bonds. The SMILES string of the molecule is OC(CNCc1cccs1)C1CCOC1. The van der Waals surface area contributed by atoms with Gasteiger partial charge in [0.1, 0.15) is 0 Å². The van der Waals surface area contributed by atoms with Crippen molar-refractivity contribution in [1.82, 2.24) is 5.32 Å². The molecule has 1 aliphatic rings. The molecule has 1 aliphatic heterocycles. The fraction of sp³-hybridized carbons (Fsp3) is 0.636. The summed E-state index contributed by atoms with van der Waals surface area (Å²) in [7, 11) is 0. The second-order valence-electron chi connectivity index (χ2n) is 3.90. The molecule has 2 heterocycles. The van der Waals surface area contributed by atoms with E-state index in [9.17, 15) is 5.11 Å². The van der Waals surface area contributed by atoms with E-state index in [0.29, 0.717) is 19.1 Å². The van der Waals surface area contributed by atoms with Gasteiger partial charge in [0, 0.05) is 30.5 Å². The fourth-order valence-corrected chi connectivity index (χ4v) is 2.45. The molecule has 0 saturated carbocycles. The Balaban J connectivity index is 1.64. The highest BCUT2D eigenvalue weighted by atomic mass is 32.1. The predicted molar refractivity (Wildman–Crippen MR) is 61.0 cm³/mol. The summed E-state index contributed by atoms with van der Waals surface area (Å²) < 4.78 is 5.24. The second-order valence-corrected chi connectivity index (χ2v) is 4.93. The first kappa shape index (κ1) is 11.1. The highest BCUT2D eigenvalue weighted by molar-refractivity contribution is 7.09. The Hall–Kier alpha value is -0.420. The van der Waals surface area contributed by atoms with Crippen molar-refractivity contribution in [2.75, 3.05) is 19.8 Å². The molecular weight excluding hydrogens is 210 g/mol. The van der Waals surface area contributed by atoms with Gasteiger partial charge in [-0.1, -0.05) is 6.07 Å². The number of ether oxygens (including phenoxy) is 1. The van der Waals surface area contributed by atoms with Crippen LogP contribution in [0.25, 0.3) is 0 Å². The molecule has 0 aliphatic carbocycles. The molecule has 2 rings (SSSR count). The Morgan fingerprint density at radius 3 is 3.27 bits per heavy atom. The van der Waals surface area contributed by atoms with Gasteiger partial charge in [-0.25, -0.2) is 0 Å². The van der Waals surface area contributed by atoms with Crippen LogP contribution in [0.3, 0.4) is 0 Å². The molecule has 1 saturated heterocycles. The van der Waals surface area contributed by atoms with Crippen molar-refractivity contribution >= 4 is 11.3 Å². The van der Waals surface area contributed by atoms with Gasteiger partial charge in [0.25, 0.3) is 0 Å². The molecule has 4 heteroatoms. The van der Waals surface area contributed by atoms with E-state index in [-0.39, 0.29) is 6.10 Å². The first-order valence-corrected chi connectivity index (χ1v) is 6.23. The first-order chi connectivity index (χ1) is 7.36. The summed E-state index contributed by atoms with van der Waals surface area (Å²) in [4.78, 5) is 1.31. The van der Waals surface area contributed by atoms with Crippen LogP contribution in [0.15, 0.2) is 17.5 Å². The Morgan fingerprint density at radius 2 is 2.60 bits per heavy atom. The summed E-state index contributed by atoms with van der Waals surface area (Å²) in [6.45, 7) is 3.02. The molecule has 84 valence electrons. The van der Waals surface area contributed by atoms with Crippen molar-refractivity contribution < 1.29 is 9.84 Å². The molecule has 2 unspecified atom stereocenters. The van der Waals surface area contributed by atoms with Gasteiger partial charge in [-0.2, -0.15) is 0 Å². The van der Waals surface area contributed by atoms with Crippen LogP contribution >= 0.6 is 11.3 Å². The van der Waals surface area contributed by atoms with E-state index in [1.165, 1.54) is 4.88 Å². The van der Waals surface area contributed by atoms with Crippen LogP contribution in [0.1, 0.15) is 11.3 Å². The summed E-state index contributed by atoms with van der Waals surface area (Å²) in [5, 5.41) is 15.2. The van der Waals surface area contributed by atoms with Gasteiger partial charge in [-0.15, -0.1) is 11.3 Å². The van der Waals surface area contributed by atoms with E-state index < -0.39 is 0 Å². The summed E-state index contributed by atoms with van der Waals surface area (Å²) in [6.07, 6.45) is 0.717. The topological polar surface area (TPSA) is 41.5 Å². The summed E-state index contributed by atoms with van der Waals surface area (Å²) in [5.74, 6) is 0.320. The molecule has 2 N–H and O–H groups in total. The maximum absolute atomic E-state index is 9.84. The second kappa shape index (κ2) is 5.61. The maximum atomic E-state index is 9.84. The van der Waals surface area contributed by atoms with Gasteiger partial charge in [-0.3, -0.25) is 0 Å². The summed E-state index contributed by atoms with van der Waals surface area (Å²) >= 11 is 1.74. The lowest BCUT2D eigenvalue weighted by atomic mass is 10.0. The van der Waals surface area contributed by atoms with Gasteiger partial charge in [-0.05, 0) is 17.9 Å². The van der Waals surface area contributed by atoms with Gasteiger partial charge in [0.2, 0.25) is 0 Å². The molecule has 0 aromatic carbocycles. The summed E-state index contributed by atoms with van der Waals surface area (Å²) in [6, 6.07) is 4.14. The summed E-state index contributed by atoms with van der Waals surface area (Å²) in [5.41, 5.74) is 0. The van der Waals surface area contributed by atoms with E-state index in [4.69, 9.17) is 4.74 Å². The highest BCUT2D eigenvalue weighted by Crippen LogP contribution is 2.16. The molecular formula is C11H17NO2S. The molecule has 15 heavy (non-hydrogen) atoms. The molecule has 3 nitrogen and oxygen atoms in total. The fourth-order valence-electron chi connectivity index (χ4n) is 1.78. The molecule has 2 atom stereocenters. The Bertz CT molecular complexity index is 270. The Kier molecular flexibility index (Phi) is 4.14. The average Bonchev–Trinajstić information content (AvgIpc) is 2.90. The van der Waals surface area contributed by atoms with Gasteiger partial charge < -0.3 is 15.2 Å². The van der Waals surface area contributed by atoms with Crippen LogP contribution in [-0.4, -0.2) is 31.0 Å². The quantitative estimate of drug-likeness (QED) is 0.795. The van der Waals surface area contributed by atoms with E-state index in [0.717, 1.165) is 19.6 Å². The lowest BCUT2D eigenvalue weighted by Gasteiger charge is -2.16. The van der Waals surface area contributed by atoms with Crippen molar-refractivity contribution in [2.45, 2.75) is 19.1 Å².